The van der Waals surface area contributed by atoms with Crippen LogP contribution in [0.25, 0.3) is 0 Å². The zero-order valence-electron chi connectivity index (χ0n) is 10.9. The fourth-order valence-corrected chi connectivity index (χ4v) is 2.34. The topological polar surface area (TPSA) is 42.0 Å². The maximum absolute atomic E-state index is 12.1. The average Bonchev–Trinajstić information content (AvgIpc) is 2.47. The molecule has 0 fully saturated rings. The summed E-state index contributed by atoms with van der Waals surface area (Å²) in [4.78, 5) is 16.0. The van der Waals surface area contributed by atoms with E-state index in [1.165, 1.54) is 5.56 Å². The zero-order chi connectivity index (χ0) is 14.5. The number of amides is 1. The molecule has 2 rings (SSSR count). The minimum Gasteiger partial charge on any atom is -0.351 e. The number of aromatic nitrogens is 1. The van der Waals surface area contributed by atoms with E-state index in [1.54, 1.807) is 12.3 Å². The number of pyridine rings is 1. The molecule has 0 aliphatic carbocycles. The number of benzene rings is 1. The highest BCUT2D eigenvalue weighted by molar-refractivity contribution is 9.10. The van der Waals surface area contributed by atoms with E-state index in [0.29, 0.717) is 12.1 Å². The standard InChI is InChI=1S/C15H14BrClN2O/c1-10(11-5-3-2-4-6-11)8-19-15(20)13-7-12(16)9-18-14(13)17/h2-7,9-10H,8H2,1H3,(H,19,20). The van der Waals surface area contributed by atoms with Gasteiger partial charge in [0.2, 0.25) is 0 Å². The van der Waals surface area contributed by atoms with Crippen LogP contribution >= 0.6 is 27.5 Å². The van der Waals surface area contributed by atoms with E-state index in [4.69, 9.17) is 11.6 Å². The highest BCUT2D eigenvalue weighted by Crippen LogP contribution is 2.18. The molecule has 0 spiro atoms. The normalized spacial score (nSPS) is 11.9. The quantitative estimate of drug-likeness (QED) is 0.843. The average molecular weight is 354 g/mol. The predicted octanol–water partition coefficient (Wildman–Crippen LogP) is 4.03. The number of hydrogen-bond acceptors (Lipinski definition) is 2. The summed E-state index contributed by atoms with van der Waals surface area (Å²) in [6.45, 7) is 2.61. The molecule has 0 aliphatic rings. The lowest BCUT2D eigenvalue weighted by Gasteiger charge is -2.13. The molecule has 20 heavy (non-hydrogen) atoms. The van der Waals surface area contributed by atoms with Gasteiger partial charge in [-0.3, -0.25) is 4.79 Å². The summed E-state index contributed by atoms with van der Waals surface area (Å²) in [5, 5.41) is 3.09. The summed E-state index contributed by atoms with van der Waals surface area (Å²) in [6.07, 6.45) is 1.56. The van der Waals surface area contributed by atoms with E-state index in [-0.39, 0.29) is 17.0 Å². The Bertz CT molecular complexity index is 604. The molecule has 1 aromatic heterocycles. The lowest BCUT2D eigenvalue weighted by molar-refractivity contribution is 0.0951. The van der Waals surface area contributed by atoms with Crippen LogP contribution in [0.15, 0.2) is 47.1 Å². The molecular formula is C15H14BrClN2O. The van der Waals surface area contributed by atoms with Crippen molar-refractivity contribution in [1.82, 2.24) is 10.3 Å². The smallest absolute Gasteiger partial charge is 0.254 e. The van der Waals surface area contributed by atoms with Gasteiger partial charge in [-0.2, -0.15) is 0 Å². The Kier molecular flexibility index (Phi) is 5.15. The van der Waals surface area contributed by atoms with E-state index >= 15 is 0 Å². The minimum atomic E-state index is -0.216. The Morgan fingerprint density at radius 2 is 2.10 bits per heavy atom. The van der Waals surface area contributed by atoms with Crippen LogP contribution in [-0.4, -0.2) is 17.4 Å². The van der Waals surface area contributed by atoms with Crippen molar-refractivity contribution in [2.75, 3.05) is 6.54 Å². The molecule has 1 atom stereocenters. The fourth-order valence-electron chi connectivity index (χ4n) is 1.82. The van der Waals surface area contributed by atoms with Crippen molar-refractivity contribution in [1.29, 1.82) is 0 Å². The van der Waals surface area contributed by atoms with Crippen LogP contribution in [-0.2, 0) is 0 Å². The molecule has 1 N–H and O–H groups in total. The monoisotopic (exact) mass is 352 g/mol. The van der Waals surface area contributed by atoms with Gasteiger partial charge in [-0.1, -0.05) is 48.9 Å². The third-order valence-corrected chi connectivity index (χ3v) is 3.72. The van der Waals surface area contributed by atoms with Crippen LogP contribution in [0, 0.1) is 0 Å². The Morgan fingerprint density at radius 3 is 2.80 bits per heavy atom. The third kappa shape index (κ3) is 3.81. The van der Waals surface area contributed by atoms with Crippen LogP contribution in [0.3, 0.4) is 0 Å². The van der Waals surface area contributed by atoms with E-state index in [1.807, 2.05) is 30.3 Å². The number of nitrogens with zero attached hydrogens (tertiary/aromatic N) is 1. The van der Waals surface area contributed by atoms with Crippen molar-refractivity contribution in [3.05, 3.63) is 63.3 Å². The molecule has 0 aliphatic heterocycles. The second-order valence-electron chi connectivity index (χ2n) is 4.51. The summed E-state index contributed by atoms with van der Waals surface area (Å²) < 4.78 is 0.725. The molecule has 1 amide bonds. The number of hydrogen-bond donors (Lipinski definition) is 1. The van der Waals surface area contributed by atoms with Gasteiger partial charge in [0, 0.05) is 17.2 Å². The van der Waals surface area contributed by atoms with Gasteiger partial charge >= 0.3 is 0 Å². The lowest BCUT2D eigenvalue weighted by atomic mass is 10.0. The van der Waals surface area contributed by atoms with Crippen molar-refractivity contribution in [3.63, 3.8) is 0 Å². The van der Waals surface area contributed by atoms with Gasteiger partial charge in [0.15, 0.2) is 0 Å². The maximum atomic E-state index is 12.1. The summed E-state index contributed by atoms with van der Waals surface area (Å²) in [5.74, 6) is 0.0191. The van der Waals surface area contributed by atoms with Gasteiger partial charge in [-0.25, -0.2) is 4.98 Å². The Morgan fingerprint density at radius 1 is 1.40 bits per heavy atom. The van der Waals surface area contributed by atoms with Crippen molar-refractivity contribution < 1.29 is 4.79 Å². The van der Waals surface area contributed by atoms with Crippen LogP contribution in [0.4, 0.5) is 0 Å². The maximum Gasteiger partial charge on any atom is 0.254 e. The molecule has 0 bridgehead atoms. The molecule has 0 saturated carbocycles. The van der Waals surface area contributed by atoms with E-state index in [2.05, 4.69) is 33.2 Å². The number of carbonyl (C=O) groups excluding carboxylic acids is 1. The molecule has 1 unspecified atom stereocenters. The first-order valence-electron chi connectivity index (χ1n) is 6.22. The lowest BCUT2D eigenvalue weighted by Crippen LogP contribution is -2.27. The number of rotatable bonds is 4. The van der Waals surface area contributed by atoms with Crippen molar-refractivity contribution >= 4 is 33.4 Å². The molecule has 3 nitrogen and oxygen atoms in total. The summed E-state index contributed by atoms with van der Waals surface area (Å²) in [5.41, 5.74) is 1.56. The Hall–Kier alpha value is -1.39. The largest absolute Gasteiger partial charge is 0.351 e. The van der Waals surface area contributed by atoms with Crippen molar-refractivity contribution in [2.24, 2.45) is 0 Å². The molecule has 104 valence electrons. The summed E-state index contributed by atoms with van der Waals surface area (Å²) in [6, 6.07) is 11.7. The van der Waals surface area contributed by atoms with E-state index in [0.717, 1.165) is 4.47 Å². The highest BCUT2D eigenvalue weighted by atomic mass is 79.9. The first-order chi connectivity index (χ1) is 9.58. The van der Waals surface area contributed by atoms with Gasteiger partial charge in [0.05, 0.1) is 5.56 Å². The summed E-state index contributed by atoms with van der Waals surface area (Å²) >= 11 is 9.21. The predicted molar refractivity (Wildman–Crippen MR) is 84.1 cm³/mol. The minimum absolute atomic E-state index is 0.207. The Labute approximate surface area is 131 Å². The third-order valence-electron chi connectivity index (χ3n) is 2.99. The molecule has 0 radical (unpaired) electrons. The molecule has 0 saturated heterocycles. The SMILES string of the molecule is CC(CNC(=O)c1cc(Br)cnc1Cl)c1ccccc1. The van der Waals surface area contributed by atoms with Gasteiger partial charge in [0.25, 0.3) is 5.91 Å². The molecule has 1 heterocycles. The fraction of sp³-hybridized carbons (Fsp3) is 0.200. The van der Waals surface area contributed by atoms with Gasteiger partial charge < -0.3 is 5.32 Å². The highest BCUT2D eigenvalue weighted by Gasteiger charge is 2.13. The number of nitrogens with one attached hydrogen (secondary N) is 1. The van der Waals surface area contributed by atoms with E-state index in [9.17, 15) is 4.79 Å². The van der Waals surface area contributed by atoms with Crippen LogP contribution in [0.5, 0.6) is 0 Å². The Balaban J connectivity index is 2.00. The summed E-state index contributed by atoms with van der Waals surface area (Å²) in [7, 11) is 0. The van der Waals surface area contributed by atoms with E-state index < -0.39 is 0 Å². The van der Waals surface area contributed by atoms with Crippen LogP contribution in [0.1, 0.15) is 28.8 Å². The molecule has 5 heteroatoms. The van der Waals surface area contributed by atoms with Crippen LogP contribution < -0.4 is 5.32 Å². The first-order valence-corrected chi connectivity index (χ1v) is 7.39. The van der Waals surface area contributed by atoms with Gasteiger partial charge in [0.1, 0.15) is 5.15 Å². The van der Waals surface area contributed by atoms with Crippen molar-refractivity contribution in [3.8, 4) is 0 Å². The number of halogens is 2. The molecule has 1 aromatic carbocycles. The van der Waals surface area contributed by atoms with Crippen molar-refractivity contribution in [2.45, 2.75) is 12.8 Å². The molecule has 2 aromatic rings. The van der Waals surface area contributed by atoms with Crippen LogP contribution in [0.2, 0.25) is 5.15 Å². The molecular weight excluding hydrogens is 340 g/mol. The second-order valence-corrected chi connectivity index (χ2v) is 5.79. The zero-order valence-corrected chi connectivity index (χ0v) is 13.3. The number of carbonyl (C=O) groups is 1. The second kappa shape index (κ2) is 6.86. The first kappa shape index (κ1) is 15.0. The van der Waals surface area contributed by atoms with Gasteiger partial charge in [-0.05, 0) is 33.5 Å². The van der Waals surface area contributed by atoms with Gasteiger partial charge in [-0.15, -0.1) is 0 Å².